The largest absolute Gasteiger partial charge is 0.492 e. The Kier molecular flexibility index (Phi) is 4.25. The lowest BCUT2D eigenvalue weighted by molar-refractivity contribution is -0.0239. The van der Waals surface area contributed by atoms with Crippen molar-refractivity contribution in [3.63, 3.8) is 0 Å². The van der Waals surface area contributed by atoms with Crippen molar-refractivity contribution in [3.8, 4) is 34.1 Å². The lowest BCUT2D eigenvalue weighted by atomic mass is 9.85. The molecule has 2 atom stereocenters. The molecule has 7 nitrogen and oxygen atoms in total. The van der Waals surface area contributed by atoms with Gasteiger partial charge in [-0.15, -0.1) is 0 Å². The molecular formula is C26H24N2O5. The number of aromatic amines is 1. The fourth-order valence-corrected chi connectivity index (χ4v) is 5.35. The van der Waals surface area contributed by atoms with Crippen molar-refractivity contribution < 1.29 is 23.7 Å². The summed E-state index contributed by atoms with van der Waals surface area (Å²) in [4.78, 5) is 3.34. The zero-order valence-corrected chi connectivity index (χ0v) is 18.8. The van der Waals surface area contributed by atoms with Gasteiger partial charge in [-0.2, -0.15) is 0 Å². The number of methoxy groups -OCH3 is 4. The topological polar surface area (TPSA) is 74.0 Å². The van der Waals surface area contributed by atoms with Crippen LogP contribution in [0.25, 0.3) is 22.0 Å². The molecule has 0 bridgehead atoms. The quantitative estimate of drug-likeness (QED) is 0.456. The van der Waals surface area contributed by atoms with Crippen LogP contribution in [0.1, 0.15) is 11.1 Å². The third-order valence-electron chi connectivity index (χ3n) is 6.70. The first kappa shape index (κ1) is 19.8. The summed E-state index contributed by atoms with van der Waals surface area (Å²) in [6.45, 7) is 0. The number of rotatable bonds is 5. The van der Waals surface area contributed by atoms with Crippen LogP contribution in [0.2, 0.25) is 0 Å². The van der Waals surface area contributed by atoms with Gasteiger partial charge in [-0.3, -0.25) is 0 Å². The zero-order valence-electron chi connectivity index (χ0n) is 18.8. The normalized spacial score (nSPS) is 19.9. The number of anilines is 1. The molecule has 0 radical (unpaired) electrons. The van der Waals surface area contributed by atoms with Gasteiger partial charge in [0.05, 0.1) is 32.5 Å². The van der Waals surface area contributed by atoms with Crippen LogP contribution < -0.4 is 24.3 Å². The third kappa shape index (κ3) is 2.37. The van der Waals surface area contributed by atoms with E-state index in [0.29, 0.717) is 23.0 Å². The molecule has 3 heterocycles. The average Bonchev–Trinajstić information content (AvgIpc) is 3.51. The Hall–Kier alpha value is -3.84. The highest BCUT2D eigenvalue weighted by atomic mass is 16.6. The molecule has 4 aromatic rings. The first-order valence-electron chi connectivity index (χ1n) is 10.7. The number of nitrogens with one attached hydrogen (secondary N) is 2. The maximum Gasteiger partial charge on any atom is 0.208 e. The van der Waals surface area contributed by atoms with Crippen LogP contribution in [-0.2, 0) is 10.3 Å². The molecule has 0 saturated heterocycles. The van der Waals surface area contributed by atoms with E-state index in [-0.39, 0.29) is 0 Å². The summed E-state index contributed by atoms with van der Waals surface area (Å²) in [6, 6.07) is 16.1. The highest BCUT2D eigenvalue weighted by molar-refractivity contribution is 6.01. The SMILES string of the molecule is COc1c(OC)c2c(c(OC)c1-c1c[nH]c3ccccc13)O[C@@H]1Nc3ccccc3[C@]21OC. The monoisotopic (exact) mass is 444 g/mol. The standard InChI is InChI=1S/C26H24N2O5/c1-29-21-19(15-13-27-17-11-7-5-9-14(15)17)22(30-2)24-20(23(21)31-3)26(32-4)16-10-6-8-12-18(16)28-25(26)33-24/h5-13,25,27-28H,1-4H3/t25-,26-/m0/s1. The second-order valence-corrected chi connectivity index (χ2v) is 8.05. The number of fused-ring (bicyclic) bond motifs is 6. The lowest BCUT2D eigenvalue weighted by Gasteiger charge is -2.29. The van der Waals surface area contributed by atoms with Gasteiger partial charge >= 0.3 is 0 Å². The van der Waals surface area contributed by atoms with E-state index in [9.17, 15) is 0 Å². The number of aromatic nitrogens is 1. The van der Waals surface area contributed by atoms with E-state index in [0.717, 1.165) is 38.8 Å². The second kappa shape index (κ2) is 7.08. The van der Waals surface area contributed by atoms with Gasteiger partial charge in [0.2, 0.25) is 6.23 Å². The molecule has 0 spiro atoms. The number of benzene rings is 3. The number of para-hydroxylation sites is 2. The van der Waals surface area contributed by atoms with Gasteiger partial charge in [0.15, 0.2) is 28.6 Å². The van der Waals surface area contributed by atoms with E-state index in [2.05, 4.69) is 16.4 Å². The van der Waals surface area contributed by atoms with Crippen molar-refractivity contribution >= 4 is 16.6 Å². The van der Waals surface area contributed by atoms with Gasteiger partial charge in [-0.1, -0.05) is 36.4 Å². The highest BCUT2D eigenvalue weighted by Crippen LogP contribution is 2.64. The van der Waals surface area contributed by atoms with Crippen molar-refractivity contribution in [2.45, 2.75) is 11.8 Å². The molecule has 1 aromatic heterocycles. The van der Waals surface area contributed by atoms with E-state index >= 15 is 0 Å². The summed E-state index contributed by atoms with van der Waals surface area (Å²) in [5.74, 6) is 2.25. The lowest BCUT2D eigenvalue weighted by Crippen LogP contribution is -2.40. The molecule has 168 valence electrons. The molecule has 2 aliphatic heterocycles. The molecule has 2 N–H and O–H groups in total. The van der Waals surface area contributed by atoms with Crippen molar-refractivity contribution in [3.05, 3.63) is 65.9 Å². The van der Waals surface area contributed by atoms with E-state index < -0.39 is 11.8 Å². The first-order chi connectivity index (χ1) is 16.2. The summed E-state index contributed by atoms with van der Waals surface area (Å²) in [6.07, 6.45) is 1.47. The molecular weight excluding hydrogens is 420 g/mol. The average molecular weight is 444 g/mol. The van der Waals surface area contributed by atoms with Crippen molar-refractivity contribution in [2.24, 2.45) is 0 Å². The first-order valence-corrected chi connectivity index (χ1v) is 10.7. The van der Waals surface area contributed by atoms with Gasteiger partial charge < -0.3 is 34.0 Å². The van der Waals surface area contributed by atoms with E-state index in [1.807, 2.05) is 48.7 Å². The van der Waals surface area contributed by atoms with Crippen LogP contribution in [0.3, 0.4) is 0 Å². The minimum absolute atomic E-state index is 0.486. The molecule has 2 aliphatic rings. The second-order valence-electron chi connectivity index (χ2n) is 8.05. The molecule has 0 aliphatic carbocycles. The maximum absolute atomic E-state index is 6.52. The summed E-state index contributed by atoms with van der Waals surface area (Å²) in [5.41, 5.74) is 4.45. The molecule has 6 rings (SSSR count). The summed E-state index contributed by atoms with van der Waals surface area (Å²) >= 11 is 0. The predicted octanol–water partition coefficient (Wildman–Crippen LogP) is 4.89. The number of ether oxygens (including phenoxy) is 5. The fraction of sp³-hybridized carbons (Fsp3) is 0.231. The maximum atomic E-state index is 6.52. The number of hydrogen-bond donors (Lipinski definition) is 2. The van der Waals surface area contributed by atoms with Crippen LogP contribution in [0.4, 0.5) is 5.69 Å². The van der Waals surface area contributed by atoms with Crippen molar-refractivity contribution in [1.29, 1.82) is 0 Å². The van der Waals surface area contributed by atoms with Gasteiger partial charge in [0.1, 0.15) is 0 Å². The van der Waals surface area contributed by atoms with Gasteiger partial charge in [0, 0.05) is 41.0 Å². The van der Waals surface area contributed by atoms with Crippen LogP contribution in [0, 0.1) is 0 Å². The summed E-state index contributed by atoms with van der Waals surface area (Å²) in [7, 11) is 6.59. The highest BCUT2D eigenvalue weighted by Gasteiger charge is 2.60. The summed E-state index contributed by atoms with van der Waals surface area (Å²) in [5, 5.41) is 4.49. The Balaban J connectivity index is 1.72. The van der Waals surface area contributed by atoms with Crippen LogP contribution in [0.15, 0.2) is 54.7 Å². The third-order valence-corrected chi connectivity index (χ3v) is 6.70. The smallest absolute Gasteiger partial charge is 0.208 e. The van der Waals surface area contributed by atoms with Crippen LogP contribution >= 0.6 is 0 Å². The zero-order chi connectivity index (χ0) is 22.7. The Morgan fingerprint density at radius 1 is 0.848 bits per heavy atom. The van der Waals surface area contributed by atoms with E-state index in [1.165, 1.54) is 0 Å². The van der Waals surface area contributed by atoms with E-state index in [1.54, 1.807) is 28.4 Å². The Labute approximate surface area is 191 Å². The Morgan fingerprint density at radius 3 is 2.33 bits per heavy atom. The minimum Gasteiger partial charge on any atom is -0.492 e. The Morgan fingerprint density at radius 2 is 1.58 bits per heavy atom. The number of H-pyrrole nitrogens is 1. The molecule has 33 heavy (non-hydrogen) atoms. The molecule has 7 heteroatoms. The van der Waals surface area contributed by atoms with Crippen LogP contribution in [-0.4, -0.2) is 39.7 Å². The minimum atomic E-state index is -0.920. The molecule has 0 fully saturated rings. The van der Waals surface area contributed by atoms with Crippen molar-refractivity contribution in [2.75, 3.05) is 33.8 Å². The van der Waals surface area contributed by atoms with E-state index in [4.69, 9.17) is 23.7 Å². The Bertz CT molecular complexity index is 1400. The molecule has 0 saturated carbocycles. The fourth-order valence-electron chi connectivity index (χ4n) is 5.35. The summed E-state index contributed by atoms with van der Waals surface area (Å²) < 4.78 is 30.7. The van der Waals surface area contributed by atoms with Gasteiger partial charge in [-0.05, 0) is 12.1 Å². The van der Waals surface area contributed by atoms with Gasteiger partial charge in [0.25, 0.3) is 0 Å². The molecule has 0 amide bonds. The molecule has 0 unspecified atom stereocenters. The predicted molar refractivity (Wildman–Crippen MR) is 126 cm³/mol. The number of hydrogen-bond acceptors (Lipinski definition) is 6. The van der Waals surface area contributed by atoms with Gasteiger partial charge in [-0.25, -0.2) is 0 Å². The van der Waals surface area contributed by atoms with Crippen molar-refractivity contribution in [1.82, 2.24) is 4.98 Å². The molecule has 3 aromatic carbocycles. The van der Waals surface area contributed by atoms with Crippen LogP contribution in [0.5, 0.6) is 23.0 Å².